The van der Waals surface area contributed by atoms with E-state index in [1.165, 1.54) is 140 Å². The van der Waals surface area contributed by atoms with Crippen molar-refractivity contribution in [2.45, 2.75) is 144 Å². The van der Waals surface area contributed by atoms with Crippen LogP contribution in [-0.2, 0) is 40.3 Å². The summed E-state index contributed by atoms with van der Waals surface area (Å²) < 4.78 is 31.2. The van der Waals surface area contributed by atoms with Crippen molar-refractivity contribution in [3.63, 3.8) is 0 Å². The molecule has 0 aliphatic rings. The quantitative estimate of drug-likeness (QED) is 0.0560. The molecule has 0 saturated heterocycles. The summed E-state index contributed by atoms with van der Waals surface area (Å²) in [6, 6.07) is 34.5. The summed E-state index contributed by atoms with van der Waals surface area (Å²) in [5.74, 6) is 0. The Morgan fingerprint density at radius 3 is 1.04 bits per heavy atom. The average Bonchev–Trinajstić information content (AvgIpc) is 3.09. The van der Waals surface area contributed by atoms with Gasteiger partial charge in [0, 0.05) is 0 Å². The molecule has 0 bridgehead atoms. The molecule has 0 fully saturated rings. The largest absolute Gasteiger partial charge is 0.744 e. The number of aryl methyl sites for hydroxylation is 4. The molecule has 0 spiro atoms. The Labute approximate surface area is 295 Å². The second kappa shape index (κ2) is 22.0. The molecule has 0 atom stereocenters. The van der Waals surface area contributed by atoms with Gasteiger partial charge in [-0.1, -0.05) is 133 Å². The lowest BCUT2D eigenvalue weighted by molar-refractivity contribution is 0.463. The van der Waals surface area contributed by atoms with Crippen LogP contribution in [0.4, 0.5) is 0 Å². The van der Waals surface area contributed by atoms with Crippen LogP contribution in [0.5, 0.6) is 0 Å². The third-order valence-corrected chi connectivity index (χ3v) is 11.8. The van der Waals surface area contributed by atoms with E-state index in [9.17, 15) is 13.0 Å². The molecule has 4 aromatic rings. The van der Waals surface area contributed by atoms with Crippen LogP contribution in [0.3, 0.4) is 0 Å². The zero-order valence-electron chi connectivity index (χ0n) is 29.9. The smallest absolute Gasteiger partial charge is 0.166 e. The number of hydrogen-bond acceptors (Lipinski definition) is 3. The van der Waals surface area contributed by atoms with Crippen LogP contribution in [0.25, 0.3) is 0 Å². The van der Waals surface area contributed by atoms with Crippen molar-refractivity contribution in [2.24, 2.45) is 0 Å². The highest BCUT2D eigenvalue weighted by Crippen LogP contribution is 2.32. The first-order valence-electron chi connectivity index (χ1n) is 18.3. The van der Waals surface area contributed by atoms with Gasteiger partial charge in [0.1, 0.15) is 10.1 Å². The fourth-order valence-corrected chi connectivity index (χ4v) is 8.27. The SMILES string of the molecule is CCCCCCc1ccc([S+](c2ccc(CCCCCC)cc2)c2ccc(CCCCCC)cc2)cc1.Cc1ccc(S(=O)(=O)[O-])cc1. The fraction of sp³-hybridized carbons (Fsp3) is 0.442. The zero-order chi connectivity index (χ0) is 34.6. The van der Waals surface area contributed by atoms with Gasteiger partial charge in [-0.15, -0.1) is 0 Å². The van der Waals surface area contributed by atoms with Gasteiger partial charge in [0.05, 0.1) is 15.8 Å². The average molecular weight is 687 g/mol. The van der Waals surface area contributed by atoms with Gasteiger partial charge in [-0.3, -0.25) is 0 Å². The van der Waals surface area contributed by atoms with E-state index in [-0.39, 0.29) is 15.8 Å². The minimum Gasteiger partial charge on any atom is -0.744 e. The molecule has 0 aromatic heterocycles. The van der Waals surface area contributed by atoms with Crippen molar-refractivity contribution in [1.82, 2.24) is 0 Å². The van der Waals surface area contributed by atoms with Crippen LogP contribution >= 0.6 is 0 Å². The molecule has 4 rings (SSSR count). The van der Waals surface area contributed by atoms with Crippen molar-refractivity contribution >= 4 is 21.0 Å². The van der Waals surface area contributed by atoms with Crippen LogP contribution in [0, 0.1) is 6.92 Å². The molecule has 0 aliphatic carbocycles. The molecule has 260 valence electrons. The summed E-state index contributed by atoms with van der Waals surface area (Å²) in [6.07, 6.45) is 19.5. The van der Waals surface area contributed by atoms with Crippen LogP contribution < -0.4 is 0 Å². The Morgan fingerprint density at radius 2 is 0.771 bits per heavy atom. The first kappa shape index (κ1) is 39.6. The van der Waals surface area contributed by atoms with Gasteiger partial charge >= 0.3 is 0 Å². The number of hydrogen-bond donors (Lipinski definition) is 0. The lowest BCUT2D eigenvalue weighted by atomic mass is 10.1. The predicted octanol–water partition coefficient (Wildman–Crippen LogP) is 12.0. The maximum absolute atomic E-state index is 10.4. The maximum atomic E-state index is 10.4. The standard InChI is InChI=1S/C36H51S.C7H8O3S/c1-4-7-10-13-16-31-19-25-34(26-20-31)37(35-27-21-32(22-28-35)17-14-11-8-5-2)36-29-23-33(24-30-36)18-15-12-9-6-3;1-6-2-4-7(5-3-6)11(8,9)10/h19-30H,4-18H2,1-3H3;2-5H,1H3,(H,8,9,10)/q+1;/p-1. The number of unbranched alkanes of at least 4 members (excludes halogenated alkanes) is 9. The van der Waals surface area contributed by atoms with E-state index in [4.69, 9.17) is 0 Å². The highest BCUT2D eigenvalue weighted by Gasteiger charge is 2.28. The van der Waals surface area contributed by atoms with E-state index in [2.05, 4.69) is 93.6 Å². The Bertz CT molecular complexity index is 1390. The van der Waals surface area contributed by atoms with Crippen molar-refractivity contribution in [3.05, 3.63) is 119 Å². The molecule has 4 aromatic carbocycles. The summed E-state index contributed by atoms with van der Waals surface area (Å²) >= 11 is 0. The van der Waals surface area contributed by atoms with Crippen LogP contribution in [-0.4, -0.2) is 13.0 Å². The van der Waals surface area contributed by atoms with Gasteiger partial charge in [-0.25, -0.2) is 8.42 Å². The van der Waals surface area contributed by atoms with E-state index in [1.54, 1.807) is 12.1 Å². The van der Waals surface area contributed by atoms with E-state index < -0.39 is 10.1 Å². The first-order chi connectivity index (χ1) is 23.2. The van der Waals surface area contributed by atoms with Crippen LogP contribution in [0.15, 0.2) is 117 Å². The molecule has 48 heavy (non-hydrogen) atoms. The minimum atomic E-state index is -4.27. The van der Waals surface area contributed by atoms with Crippen LogP contribution in [0.1, 0.15) is 120 Å². The highest BCUT2D eigenvalue weighted by molar-refractivity contribution is 7.97. The summed E-state index contributed by atoms with van der Waals surface area (Å²) in [4.78, 5) is 4.12. The molecule has 0 saturated carbocycles. The molecule has 0 unspecified atom stereocenters. The Kier molecular flexibility index (Phi) is 18.1. The van der Waals surface area contributed by atoms with Gasteiger partial charge in [-0.2, -0.15) is 0 Å². The highest BCUT2D eigenvalue weighted by atomic mass is 32.2. The molecule has 5 heteroatoms. The Balaban J connectivity index is 0.000000480. The predicted molar refractivity (Wildman–Crippen MR) is 204 cm³/mol. The van der Waals surface area contributed by atoms with Gasteiger partial charge in [0.15, 0.2) is 14.7 Å². The molecule has 3 nitrogen and oxygen atoms in total. The van der Waals surface area contributed by atoms with Crippen molar-refractivity contribution < 1.29 is 13.0 Å². The molecule has 0 amide bonds. The van der Waals surface area contributed by atoms with Gasteiger partial charge in [0.25, 0.3) is 0 Å². The van der Waals surface area contributed by atoms with E-state index >= 15 is 0 Å². The van der Waals surface area contributed by atoms with E-state index in [0.29, 0.717) is 0 Å². The first-order valence-corrected chi connectivity index (χ1v) is 20.9. The maximum Gasteiger partial charge on any atom is 0.166 e. The fourth-order valence-electron chi connectivity index (χ4n) is 5.76. The molecule has 0 aliphatic heterocycles. The molecule has 0 radical (unpaired) electrons. The summed E-state index contributed by atoms with van der Waals surface area (Å²) in [7, 11) is -4.34. The molecular weight excluding hydrogens is 629 g/mol. The van der Waals surface area contributed by atoms with Crippen molar-refractivity contribution in [2.75, 3.05) is 0 Å². The summed E-state index contributed by atoms with van der Waals surface area (Å²) in [6.45, 7) is 8.68. The zero-order valence-corrected chi connectivity index (χ0v) is 31.5. The lowest BCUT2D eigenvalue weighted by Gasteiger charge is -2.11. The van der Waals surface area contributed by atoms with E-state index in [1.807, 2.05) is 6.92 Å². The van der Waals surface area contributed by atoms with Gasteiger partial charge in [0.2, 0.25) is 0 Å². The monoisotopic (exact) mass is 686 g/mol. The van der Waals surface area contributed by atoms with E-state index in [0.717, 1.165) is 5.56 Å². The molecular formula is C43H58O3S2. The molecule has 0 N–H and O–H groups in total. The third kappa shape index (κ3) is 14.3. The van der Waals surface area contributed by atoms with Gasteiger partial charge < -0.3 is 4.55 Å². The Hall–Kier alpha value is -2.86. The summed E-state index contributed by atoms with van der Waals surface area (Å²) in [5.41, 5.74) is 5.37. The second-order valence-electron chi connectivity index (χ2n) is 12.9. The minimum absolute atomic E-state index is 0.0657. The van der Waals surface area contributed by atoms with Crippen molar-refractivity contribution in [3.8, 4) is 0 Å². The topological polar surface area (TPSA) is 57.2 Å². The lowest BCUT2D eigenvalue weighted by Crippen LogP contribution is -2.05. The van der Waals surface area contributed by atoms with Crippen molar-refractivity contribution in [1.29, 1.82) is 0 Å². The number of benzene rings is 4. The Morgan fingerprint density at radius 1 is 0.458 bits per heavy atom. The van der Waals surface area contributed by atoms with Gasteiger partial charge in [-0.05, 0) is 111 Å². The third-order valence-electron chi connectivity index (χ3n) is 8.74. The second-order valence-corrected chi connectivity index (χ2v) is 16.3. The molecule has 0 heterocycles. The summed E-state index contributed by atoms with van der Waals surface area (Å²) in [5, 5.41) is 0. The van der Waals surface area contributed by atoms with Crippen LogP contribution in [0.2, 0.25) is 0 Å². The normalized spacial score (nSPS) is 11.4. The number of rotatable bonds is 19.